The second-order valence-electron chi connectivity index (χ2n) is 6.08. The van der Waals surface area contributed by atoms with E-state index in [0.29, 0.717) is 28.9 Å². The molecule has 1 saturated heterocycles. The Morgan fingerprint density at radius 3 is 2.46 bits per heavy atom. The molecule has 0 bridgehead atoms. The smallest absolute Gasteiger partial charge is 0.325 e. The van der Waals surface area contributed by atoms with Gasteiger partial charge in [0.15, 0.2) is 0 Å². The number of ether oxygens (including phenoxy) is 1. The summed E-state index contributed by atoms with van der Waals surface area (Å²) in [7, 11) is 1.57. The lowest BCUT2D eigenvalue weighted by Gasteiger charge is -2.26. The first-order valence-corrected chi connectivity index (χ1v) is 8.32. The van der Waals surface area contributed by atoms with E-state index < -0.39 is 11.6 Å². The second kappa shape index (κ2) is 6.89. The Morgan fingerprint density at radius 2 is 1.85 bits per heavy atom. The number of benzene rings is 2. The van der Waals surface area contributed by atoms with Gasteiger partial charge in [-0.2, -0.15) is 5.26 Å². The van der Waals surface area contributed by atoms with Gasteiger partial charge in [-0.25, -0.2) is 4.79 Å². The molecular weight excluding hydrogens is 330 g/mol. The molecule has 132 valence electrons. The van der Waals surface area contributed by atoms with E-state index in [1.807, 2.05) is 6.92 Å². The van der Waals surface area contributed by atoms with E-state index >= 15 is 0 Å². The van der Waals surface area contributed by atoms with Crippen molar-refractivity contribution in [1.29, 1.82) is 5.26 Å². The molecule has 6 heteroatoms. The normalized spacial score (nSPS) is 19.2. The van der Waals surface area contributed by atoms with Crippen LogP contribution in [-0.2, 0) is 16.9 Å². The van der Waals surface area contributed by atoms with Gasteiger partial charge in [0, 0.05) is 0 Å². The van der Waals surface area contributed by atoms with Crippen molar-refractivity contribution in [1.82, 2.24) is 10.2 Å². The van der Waals surface area contributed by atoms with Gasteiger partial charge in [0.25, 0.3) is 5.91 Å². The predicted molar refractivity (Wildman–Crippen MR) is 95.2 cm³/mol. The number of urea groups is 1. The van der Waals surface area contributed by atoms with Crippen LogP contribution in [0.25, 0.3) is 0 Å². The van der Waals surface area contributed by atoms with Gasteiger partial charge in [0.1, 0.15) is 11.3 Å². The monoisotopic (exact) mass is 349 g/mol. The van der Waals surface area contributed by atoms with E-state index in [2.05, 4.69) is 11.4 Å². The molecule has 1 N–H and O–H groups in total. The number of hydrogen-bond donors (Lipinski definition) is 1. The maximum Gasteiger partial charge on any atom is 0.325 e. The number of carbonyl (C=O) groups is 2. The summed E-state index contributed by atoms with van der Waals surface area (Å²) >= 11 is 0. The van der Waals surface area contributed by atoms with E-state index in [-0.39, 0.29) is 12.5 Å². The molecular formula is C20H19N3O3. The van der Waals surface area contributed by atoms with Crippen LogP contribution in [-0.4, -0.2) is 23.9 Å². The molecule has 0 radical (unpaired) electrons. The highest BCUT2D eigenvalue weighted by Crippen LogP contribution is 2.34. The molecule has 1 aliphatic rings. The van der Waals surface area contributed by atoms with Crippen molar-refractivity contribution in [2.75, 3.05) is 7.11 Å². The highest BCUT2D eigenvalue weighted by Gasteiger charge is 2.51. The fraction of sp³-hybridized carbons (Fsp3) is 0.250. The number of nitrogens with zero attached hydrogens (tertiary/aromatic N) is 2. The molecule has 2 aromatic carbocycles. The summed E-state index contributed by atoms with van der Waals surface area (Å²) < 4.78 is 5.16. The number of nitriles is 1. The number of nitrogens with one attached hydrogen (secondary N) is 1. The molecule has 1 fully saturated rings. The Labute approximate surface area is 152 Å². The molecule has 26 heavy (non-hydrogen) atoms. The van der Waals surface area contributed by atoms with Crippen LogP contribution in [0.3, 0.4) is 0 Å². The minimum Gasteiger partial charge on any atom is -0.497 e. The second-order valence-corrected chi connectivity index (χ2v) is 6.08. The highest BCUT2D eigenvalue weighted by molar-refractivity contribution is 6.07. The van der Waals surface area contributed by atoms with Gasteiger partial charge in [-0.15, -0.1) is 0 Å². The van der Waals surface area contributed by atoms with Crippen LogP contribution in [0, 0.1) is 11.3 Å². The van der Waals surface area contributed by atoms with Crippen molar-refractivity contribution in [2.45, 2.75) is 25.4 Å². The molecule has 3 rings (SSSR count). The van der Waals surface area contributed by atoms with Crippen molar-refractivity contribution in [2.24, 2.45) is 0 Å². The molecule has 1 unspecified atom stereocenters. The molecule has 0 aliphatic carbocycles. The average Bonchev–Trinajstić information content (AvgIpc) is 2.93. The van der Waals surface area contributed by atoms with E-state index in [1.165, 1.54) is 4.90 Å². The summed E-state index contributed by atoms with van der Waals surface area (Å²) in [6.45, 7) is 1.92. The van der Waals surface area contributed by atoms with Gasteiger partial charge in [-0.3, -0.25) is 9.69 Å². The van der Waals surface area contributed by atoms with Gasteiger partial charge in [0.05, 0.1) is 25.3 Å². The molecule has 0 spiro atoms. The van der Waals surface area contributed by atoms with E-state index in [0.717, 1.165) is 0 Å². The summed E-state index contributed by atoms with van der Waals surface area (Å²) in [6, 6.07) is 15.7. The lowest BCUT2D eigenvalue weighted by Crippen LogP contribution is -2.43. The number of carbonyl (C=O) groups excluding carboxylic acids is 2. The highest BCUT2D eigenvalue weighted by atomic mass is 16.5. The molecule has 2 aromatic rings. The summed E-state index contributed by atoms with van der Waals surface area (Å²) in [4.78, 5) is 26.9. The Balaban J connectivity index is 1.94. The quantitative estimate of drug-likeness (QED) is 0.842. The van der Waals surface area contributed by atoms with Crippen LogP contribution < -0.4 is 10.1 Å². The van der Waals surface area contributed by atoms with Crippen LogP contribution in [0.4, 0.5) is 4.79 Å². The molecule has 1 atom stereocenters. The third kappa shape index (κ3) is 2.78. The zero-order valence-electron chi connectivity index (χ0n) is 14.7. The van der Waals surface area contributed by atoms with Crippen LogP contribution >= 0.6 is 0 Å². The lowest BCUT2D eigenvalue weighted by molar-refractivity contribution is -0.132. The predicted octanol–water partition coefficient (Wildman–Crippen LogP) is 2.92. The Bertz CT molecular complexity index is 886. The van der Waals surface area contributed by atoms with Crippen LogP contribution in [0.5, 0.6) is 5.75 Å². The first kappa shape index (κ1) is 17.5. The summed E-state index contributed by atoms with van der Waals surface area (Å²) in [6.07, 6.45) is 0.417. The van der Waals surface area contributed by atoms with Gasteiger partial charge in [-0.1, -0.05) is 37.3 Å². The topological polar surface area (TPSA) is 82.4 Å². The minimum absolute atomic E-state index is 0.0618. The number of methoxy groups -OCH3 is 1. The van der Waals surface area contributed by atoms with E-state index in [1.54, 1.807) is 55.6 Å². The summed E-state index contributed by atoms with van der Waals surface area (Å²) in [5, 5.41) is 12.1. The molecule has 6 nitrogen and oxygen atoms in total. The zero-order chi connectivity index (χ0) is 18.7. The SMILES string of the molecule is CCC1(c2ccc(OC)cc2)NC(=O)N(Cc2ccccc2C#N)C1=O. The van der Waals surface area contributed by atoms with Crippen LogP contribution in [0.1, 0.15) is 30.0 Å². The first-order valence-electron chi connectivity index (χ1n) is 8.32. The Hall–Kier alpha value is -3.33. The Morgan fingerprint density at radius 1 is 1.15 bits per heavy atom. The van der Waals surface area contributed by atoms with E-state index in [9.17, 15) is 14.9 Å². The summed E-state index contributed by atoms with van der Waals surface area (Å²) in [5.41, 5.74) is 0.687. The standard InChI is InChI=1S/C20H19N3O3/c1-3-20(16-8-10-17(26-2)11-9-16)18(24)23(19(25)22-20)13-15-7-5-4-6-14(15)12-21/h4-11H,3,13H2,1-2H3,(H,22,25). The van der Waals surface area contributed by atoms with E-state index in [4.69, 9.17) is 4.74 Å². The fourth-order valence-electron chi connectivity index (χ4n) is 3.22. The van der Waals surface area contributed by atoms with Gasteiger partial charge < -0.3 is 10.1 Å². The maximum atomic E-state index is 13.2. The van der Waals surface area contributed by atoms with Crippen LogP contribution in [0.2, 0.25) is 0 Å². The van der Waals surface area contributed by atoms with Gasteiger partial charge >= 0.3 is 6.03 Å². The zero-order valence-corrected chi connectivity index (χ0v) is 14.7. The molecule has 1 heterocycles. The molecule has 1 aliphatic heterocycles. The minimum atomic E-state index is -1.11. The van der Waals surface area contributed by atoms with Gasteiger partial charge in [0.2, 0.25) is 0 Å². The van der Waals surface area contributed by atoms with Crippen molar-refractivity contribution in [3.8, 4) is 11.8 Å². The number of amides is 3. The van der Waals surface area contributed by atoms with Crippen LogP contribution in [0.15, 0.2) is 48.5 Å². The summed E-state index contributed by atoms with van der Waals surface area (Å²) in [5.74, 6) is 0.361. The van der Waals surface area contributed by atoms with Crippen molar-refractivity contribution < 1.29 is 14.3 Å². The molecule has 0 saturated carbocycles. The maximum absolute atomic E-state index is 13.2. The largest absolute Gasteiger partial charge is 0.497 e. The van der Waals surface area contributed by atoms with Crippen molar-refractivity contribution in [3.63, 3.8) is 0 Å². The third-order valence-electron chi connectivity index (χ3n) is 4.76. The lowest BCUT2D eigenvalue weighted by atomic mass is 9.87. The molecule has 3 amide bonds. The van der Waals surface area contributed by atoms with Crippen molar-refractivity contribution in [3.05, 3.63) is 65.2 Å². The average molecular weight is 349 g/mol. The fourth-order valence-corrected chi connectivity index (χ4v) is 3.22. The number of rotatable bonds is 5. The molecule has 0 aromatic heterocycles. The first-order chi connectivity index (χ1) is 12.6. The number of hydrogen-bond acceptors (Lipinski definition) is 4. The third-order valence-corrected chi connectivity index (χ3v) is 4.76. The van der Waals surface area contributed by atoms with Gasteiger partial charge in [-0.05, 0) is 35.7 Å². The Kier molecular flexibility index (Phi) is 4.63. The van der Waals surface area contributed by atoms with Crippen molar-refractivity contribution >= 4 is 11.9 Å². The number of imide groups is 1.